The molecule has 1 N–H and O–H groups in total. The molecule has 2 aromatic heterocycles. The molecule has 0 amide bonds. The fourth-order valence-corrected chi connectivity index (χ4v) is 8.12. The largest absolute Gasteiger partial charge is 0.339 e. The van der Waals surface area contributed by atoms with Crippen LogP contribution < -0.4 is 11.2 Å². The fraction of sp³-hybridized carbons (Fsp3) is 0.121. The van der Waals surface area contributed by atoms with Gasteiger partial charge in [0.15, 0.2) is 5.17 Å². The summed E-state index contributed by atoms with van der Waals surface area (Å²) in [6.45, 7) is 0.977. The van der Waals surface area contributed by atoms with Gasteiger partial charge in [-0.2, -0.15) is 0 Å². The standard InChI is InChI=1S/C33H24N4O2S2/c38-31-23-11-4-6-12-26(23)34-32(39)37(31)19-25-29(21-14-15-28-24(18-21)22-10-5-7-13-27(22)41-28)35-33-36(16-17-40-33)30(25)20-8-2-1-3-9-20/h1-15,18,30H,16-17,19H2,(H,34,39). The lowest BCUT2D eigenvalue weighted by molar-refractivity contribution is 0.369. The number of thioether (sulfide) groups is 1. The predicted octanol–water partition coefficient (Wildman–Crippen LogP) is 6.63. The van der Waals surface area contributed by atoms with E-state index in [1.165, 1.54) is 24.7 Å². The highest BCUT2D eigenvalue weighted by Gasteiger charge is 2.37. The van der Waals surface area contributed by atoms with E-state index in [9.17, 15) is 9.59 Å². The van der Waals surface area contributed by atoms with Crippen LogP contribution in [-0.4, -0.2) is 31.9 Å². The second kappa shape index (κ2) is 9.61. The summed E-state index contributed by atoms with van der Waals surface area (Å²) >= 11 is 3.54. The molecule has 1 atom stereocenters. The highest BCUT2D eigenvalue weighted by Crippen LogP contribution is 2.44. The first kappa shape index (κ1) is 24.4. The molecule has 8 heteroatoms. The molecule has 1 unspecified atom stereocenters. The van der Waals surface area contributed by atoms with Crippen LogP contribution in [0.3, 0.4) is 0 Å². The lowest BCUT2D eigenvalue weighted by Crippen LogP contribution is -2.40. The summed E-state index contributed by atoms with van der Waals surface area (Å²) in [7, 11) is 0. The first-order chi connectivity index (χ1) is 20.2. The minimum Gasteiger partial charge on any atom is -0.339 e. The molecule has 6 nitrogen and oxygen atoms in total. The molecule has 1 saturated heterocycles. The summed E-state index contributed by atoms with van der Waals surface area (Å²) in [6.07, 6.45) is 0. The number of benzene rings is 4. The number of aromatic amines is 1. The number of thiophene rings is 1. The molecule has 8 rings (SSSR count). The summed E-state index contributed by atoms with van der Waals surface area (Å²) in [5, 5.41) is 3.88. The SMILES string of the molecule is O=c1[nH]c2ccccc2c(=O)n1CC1=C(c2ccc3sc4ccccc4c3c2)N=C2SCCN2C1c1ccccc1. The van der Waals surface area contributed by atoms with Crippen LogP contribution >= 0.6 is 23.1 Å². The number of nitrogens with one attached hydrogen (secondary N) is 1. The molecule has 6 aromatic rings. The third-order valence-corrected chi connectivity index (χ3v) is 10.1. The number of hydrogen-bond acceptors (Lipinski definition) is 6. The number of amidine groups is 1. The number of nitrogens with zero attached hydrogens (tertiary/aromatic N) is 3. The Morgan fingerprint density at radius 2 is 1.59 bits per heavy atom. The van der Waals surface area contributed by atoms with E-state index in [2.05, 4.69) is 64.5 Å². The minimum absolute atomic E-state index is 0.133. The zero-order valence-corrected chi connectivity index (χ0v) is 23.5. The maximum Gasteiger partial charge on any atom is 0.329 e. The molecule has 0 radical (unpaired) electrons. The van der Waals surface area contributed by atoms with Crippen molar-refractivity contribution in [3.05, 3.63) is 135 Å². The molecule has 0 bridgehead atoms. The molecule has 200 valence electrons. The molecule has 4 heterocycles. The van der Waals surface area contributed by atoms with E-state index >= 15 is 0 Å². The van der Waals surface area contributed by atoms with Gasteiger partial charge in [-0.1, -0.05) is 78.5 Å². The number of aromatic nitrogens is 2. The molecule has 1 fully saturated rings. The summed E-state index contributed by atoms with van der Waals surface area (Å²) in [5.41, 5.74) is 3.69. The van der Waals surface area contributed by atoms with Crippen LogP contribution in [0.4, 0.5) is 0 Å². The second-order valence-electron chi connectivity index (χ2n) is 10.3. The first-order valence-electron chi connectivity index (χ1n) is 13.6. The van der Waals surface area contributed by atoms with Gasteiger partial charge in [-0.15, -0.1) is 11.3 Å². The van der Waals surface area contributed by atoms with E-state index in [0.717, 1.165) is 39.9 Å². The normalized spacial score (nSPS) is 17.0. The smallest absolute Gasteiger partial charge is 0.329 e. The van der Waals surface area contributed by atoms with Crippen LogP contribution in [-0.2, 0) is 6.54 Å². The Bertz CT molecular complexity index is 2180. The molecule has 0 aliphatic carbocycles. The molecule has 4 aromatic carbocycles. The van der Waals surface area contributed by atoms with E-state index in [1.54, 1.807) is 35.2 Å². The Morgan fingerprint density at radius 1 is 0.829 bits per heavy atom. The van der Waals surface area contributed by atoms with Crippen molar-refractivity contribution in [3.63, 3.8) is 0 Å². The van der Waals surface area contributed by atoms with Crippen LogP contribution in [0.2, 0.25) is 0 Å². The maximum absolute atomic E-state index is 13.7. The van der Waals surface area contributed by atoms with Gasteiger partial charge in [-0.3, -0.25) is 9.36 Å². The molecule has 2 aliphatic rings. The van der Waals surface area contributed by atoms with Gasteiger partial charge in [-0.25, -0.2) is 9.79 Å². The van der Waals surface area contributed by atoms with Gasteiger partial charge in [-0.05, 0) is 35.9 Å². The summed E-state index contributed by atoms with van der Waals surface area (Å²) in [6, 6.07) is 32.3. The lowest BCUT2D eigenvalue weighted by Gasteiger charge is -2.36. The van der Waals surface area contributed by atoms with Crippen molar-refractivity contribution in [2.75, 3.05) is 12.3 Å². The van der Waals surface area contributed by atoms with Gasteiger partial charge in [0.2, 0.25) is 0 Å². The van der Waals surface area contributed by atoms with Gasteiger partial charge in [0, 0.05) is 43.6 Å². The molecular formula is C33H24N4O2S2. The molecule has 0 spiro atoms. The van der Waals surface area contributed by atoms with Gasteiger partial charge in [0.1, 0.15) is 0 Å². The number of fused-ring (bicyclic) bond motifs is 5. The zero-order chi connectivity index (χ0) is 27.5. The fourth-order valence-electron chi connectivity index (χ4n) is 6.05. The molecule has 41 heavy (non-hydrogen) atoms. The van der Waals surface area contributed by atoms with Crippen LogP contribution in [0.5, 0.6) is 0 Å². The van der Waals surface area contributed by atoms with E-state index in [1.807, 2.05) is 30.3 Å². The molecular weight excluding hydrogens is 549 g/mol. The van der Waals surface area contributed by atoms with E-state index in [0.29, 0.717) is 10.9 Å². The van der Waals surface area contributed by atoms with Gasteiger partial charge < -0.3 is 9.88 Å². The van der Waals surface area contributed by atoms with Crippen LogP contribution in [0.15, 0.2) is 117 Å². The Hall–Kier alpha value is -4.40. The van der Waals surface area contributed by atoms with Gasteiger partial charge >= 0.3 is 5.69 Å². The average Bonchev–Trinajstić information content (AvgIpc) is 3.63. The van der Waals surface area contributed by atoms with Gasteiger partial charge in [0.05, 0.1) is 29.2 Å². The number of hydrogen-bond donors (Lipinski definition) is 1. The third-order valence-electron chi connectivity index (χ3n) is 7.95. The monoisotopic (exact) mass is 572 g/mol. The third kappa shape index (κ3) is 3.97. The Morgan fingerprint density at radius 3 is 2.46 bits per heavy atom. The molecule has 0 saturated carbocycles. The summed E-state index contributed by atoms with van der Waals surface area (Å²) in [5.74, 6) is 0.938. The zero-order valence-electron chi connectivity index (χ0n) is 21.9. The van der Waals surface area contributed by atoms with Crippen molar-refractivity contribution in [1.82, 2.24) is 14.5 Å². The number of aliphatic imine (C=N–C) groups is 1. The van der Waals surface area contributed by atoms with E-state index < -0.39 is 5.69 Å². The highest BCUT2D eigenvalue weighted by atomic mass is 32.2. The van der Waals surface area contributed by atoms with Crippen molar-refractivity contribution < 1.29 is 0 Å². The first-order valence-corrected chi connectivity index (χ1v) is 15.4. The Kier molecular flexibility index (Phi) is 5.72. The summed E-state index contributed by atoms with van der Waals surface area (Å²) in [4.78, 5) is 37.5. The topological polar surface area (TPSA) is 70.5 Å². The Labute approximate surface area is 243 Å². The number of rotatable bonds is 4. The lowest BCUT2D eigenvalue weighted by atomic mass is 9.91. The van der Waals surface area contributed by atoms with Crippen LogP contribution in [0, 0.1) is 0 Å². The highest BCUT2D eigenvalue weighted by molar-refractivity contribution is 8.14. The second-order valence-corrected chi connectivity index (χ2v) is 12.4. The predicted molar refractivity (Wildman–Crippen MR) is 171 cm³/mol. The van der Waals surface area contributed by atoms with Crippen molar-refractivity contribution in [1.29, 1.82) is 0 Å². The minimum atomic E-state index is -0.419. The molecule has 2 aliphatic heterocycles. The number of H-pyrrole nitrogens is 1. The number of para-hydroxylation sites is 1. The summed E-state index contributed by atoms with van der Waals surface area (Å²) < 4.78 is 3.80. The van der Waals surface area contributed by atoms with Crippen LogP contribution in [0.25, 0.3) is 36.8 Å². The van der Waals surface area contributed by atoms with Crippen LogP contribution in [0.1, 0.15) is 17.2 Å². The van der Waals surface area contributed by atoms with Gasteiger partial charge in [0.25, 0.3) is 5.56 Å². The van der Waals surface area contributed by atoms with Crippen molar-refractivity contribution in [3.8, 4) is 0 Å². The van der Waals surface area contributed by atoms with E-state index in [-0.39, 0.29) is 18.1 Å². The quantitative estimate of drug-likeness (QED) is 0.258. The van der Waals surface area contributed by atoms with Crippen molar-refractivity contribution in [2.45, 2.75) is 12.6 Å². The van der Waals surface area contributed by atoms with E-state index in [4.69, 9.17) is 4.99 Å². The maximum atomic E-state index is 13.7. The van der Waals surface area contributed by atoms with Crippen molar-refractivity contribution >= 4 is 65.0 Å². The average molecular weight is 573 g/mol. The Balaban J connectivity index is 1.40. The van der Waals surface area contributed by atoms with Crippen molar-refractivity contribution in [2.24, 2.45) is 4.99 Å².